The van der Waals surface area contributed by atoms with Gasteiger partial charge in [-0.1, -0.05) is 43.3 Å². The zero-order chi connectivity index (χ0) is 18.2. The molecule has 0 fully saturated rings. The highest BCUT2D eigenvalue weighted by molar-refractivity contribution is 7.80. The van der Waals surface area contributed by atoms with Crippen LogP contribution in [0.4, 0.5) is 5.69 Å². The summed E-state index contributed by atoms with van der Waals surface area (Å²) in [5.74, 6) is 0.627. The summed E-state index contributed by atoms with van der Waals surface area (Å²) in [6.07, 6.45) is 2.58. The Hall–Kier alpha value is -2.99. The number of hydrogen-bond acceptors (Lipinski definition) is 3. The van der Waals surface area contributed by atoms with E-state index in [0.29, 0.717) is 23.0 Å². The fourth-order valence-corrected chi connectivity index (χ4v) is 2.55. The molecule has 0 radical (unpaired) electrons. The van der Waals surface area contributed by atoms with E-state index in [1.165, 1.54) is 0 Å². The van der Waals surface area contributed by atoms with E-state index in [1.807, 2.05) is 66.7 Å². The fraction of sp³-hybridized carbons (Fsp3) is 0.150. The second-order valence-corrected chi connectivity index (χ2v) is 5.94. The lowest BCUT2D eigenvalue weighted by molar-refractivity contribution is 0.291. The number of ether oxygens (including phenoxy) is 1. The zero-order valence-electron chi connectivity index (χ0n) is 14.5. The molecule has 3 rings (SSSR count). The molecule has 5 nitrogen and oxygen atoms in total. The average molecular weight is 364 g/mol. The van der Waals surface area contributed by atoms with E-state index in [2.05, 4.69) is 22.3 Å². The minimum Gasteiger partial charge on any atom is -0.478 e. The van der Waals surface area contributed by atoms with E-state index in [1.54, 1.807) is 10.9 Å². The fourth-order valence-electron chi connectivity index (χ4n) is 2.32. The van der Waals surface area contributed by atoms with Gasteiger partial charge in [-0.15, -0.1) is 0 Å². The minimum atomic E-state index is 0.372. The van der Waals surface area contributed by atoms with Gasteiger partial charge in [0.2, 0.25) is 5.88 Å². The number of anilines is 1. The zero-order valence-corrected chi connectivity index (χ0v) is 15.3. The van der Waals surface area contributed by atoms with Gasteiger partial charge in [0.15, 0.2) is 5.11 Å². The summed E-state index contributed by atoms with van der Waals surface area (Å²) in [6.45, 7) is 2.66. The van der Waals surface area contributed by atoms with E-state index in [0.717, 1.165) is 17.8 Å². The van der Waals surface area contributed by atoms with Gasteiger partial charge < -0.3 is 10.1 Å². The summed E-state index contributed by atoms with van der Waals surface area (Å²) >= 11 is 5.32. The summed E-state index contributed by atoms with van der Waals surface area (Å²) in [5, 5.41) is 8.57. The average Bonchev–Trinajstić information content (AvgIpc) is 2.68. The van der Waals surface area contributed by atoms with Gasteiger partial charge in [-0.05, 0) is 42.9 Å². The Kier molecular flexibility index (Phi) is 6.11. The molecule has 26 heavy (non-hydrogen) atoms. The molecule has 0 saturated heterocycles. The van der Waals surface area contributed by atoms with Crippen molar-refractivity contribution in [3.05, 3.63) is 78.3 Å². The first-order valence-corrected chi connectivity index (χ1v) is 8.85. The molecule has 0 aliphatic heterocycles. The van der Waals surface area contributed by atoms with Crippen LogP contribution in [0, 0.1) is 0 Å². The molecule has 0 amide bonds. The highest BCUT2D eigenvalue weighted by Crippen LogP contribution is 2.14. The topological polar surface area (TPSA) is 51.4 Å². The largest absolute Gasteiger partial charge is 0.478 e. The van der Waals surface area contributed by atoms with Crippen LogP contribution in [0.25, 0.3) is 5.69 Å². The van der Waals surface area contributed by atoms with E-state index in [9.17, 15) is 0 Å². The van der Waals surface area contributed by atoms with Crippen molar-refractivity contribution >= 4 is 23.0 Å². The van der Waals surface area contributed by atoms with Crippen molar-refractivity contribution in [1.82, 2.24) is 9.78 Å². The Morgan fingerprint density at radius 3 is 2.50 bits per heavy atom. The predicted molar refractivity (Wildman–Crippen MR) is 108 cm³/mol. The summed E-state index contributed by atoms with van der Waals surface area (Å²) < 4.78 is 7.61. The van der Waals surface area contributed by atoms with Gasteiger partial charge >= 0.3 is 0 Å². The maximum absolute atomic E-state index is 5.86. The molecule has 132 valence electrons. The van der Waals surface area contributed by atoms with Crippen molar-refractivity contribution in [3.63, 3.8) is 0 Å². The molecule has 0 bridgehead atoms. The van der Waals surface area contributed by atoms with Gasteiger partial charge in [-0.2, -0.15) is 5.10 Å². The Labute approximate surface area is 158 Å². The molecule has 0 saturated carbocycles. The summed E-state index contributed by atoms with van der Waals surface area (Å²) in [4.78, 5) is 4.42. The molecule has 3 aromatic rings. The number of aromatic nitrogens is 2. The first-order chi connectivity index (χ1) is 12.8. The van der Waals surface area contributed by atoms with Crippen molar-refractivity contribution in [2.24, 2.45) is 4.99 Å². The maximum Gasteiger partial charge on any atom is 0.217 e. The molecule has 0 aliphatic rings. The monoisotopic (exact) mass is 364 g/mol. The molecule has 1 N–H and O–H groups in total. The number of hydrogen-bond donors (Lipinski definition) is 1. The third-order valence-electron chi connectivity index (χ3n) is 3.50. The Morgan fingerprint density at radius 2 is 1.81 bits per heavy atom. The van der Waals surface area contributed by atoms with Crippen LogP contribution >= 0.6 is 12.2 Å². The standard InChI is InChI=1S/C20H20N4OS/c1-2-13-25-19-14-17(15-21-24(19)18-11-7-4-8-12-18)23-20(26)22-16-9-5-3-6-10-16/h3-12,14-15H,2,13H2,1H3,(H,22,26)/b23-17+. The third kappa shape index (κ3) is 4.77. The summed E-state index contributed by atoms with van der Waals surface area (Å²) in [5.41, 5.74) is 1.82. The van der Waals surface area contributed by atoms with Crippen LogP contribution < -0.4 is 15.4 Å². The van der Waals surface area contributed by atoms with E-state index in [4.69, 9.17) is 17.0 Å². The number of rotatable bonds is 5. The second-order valence-electron chi connectivity index (χ2n) is 5.56. The van der Waals surface area contributed by atoms with E-state index in [-0.39, 0.29) is 0 Å². The molecule has 2 aromatic carbocycles. The van der Waals surface area contributed by atoms with Crippen LogP contribution in [-0.2, 0) is 0 Å². The first kappa shape index (κ1) is 17.8. The lowest BCUT2D eigenvalue weighted by atomic mass is 10.3. The molecule has 0 atom stereocenters. The van der Waals surface area contributed by atoms with Crippen molar-refractivity contribution < 1.29 is 4.74 Å². The highest BCUT2D eigenvalue weighted by Gasteiger charge is 2.05. The quantitative estimate of drug-likeness (QED) is 0.696. The van der Waals surface area contributed by atoms with E-state index >= 15 is 0 Å². The number of thiocarbonyl (C=S) groups is 1. The van der Waals surface area contributed by atoms with Crippen LogP contribution in [0.3, 0.4) is 0 Å². The molecule has 6 heteroatoms. The number of nitrogens with one attached hydrogen (secondary N) is 1. The predicted octanol–water partition coefficient (Wildman–Crippen LogP) is 3.96. The van der Waals surface area contributed by atoms with Gasteiger partial charge in [-0.25, -0.2) is 9.67 Å². The number of benzene rings is 2. The van der Waals surface area contributed by atoms with Gasteiger partial charge in [0.25, 0.3) is 0 Å². The SMILES string of the molecule is CCCOc1c/c(=N\C(=S)Nc2ccccc2)cnn1-c1ccccc1. The highest BCUT2D eigenvalue weighted by atomic mass is 32.1. The van der Waals surface area contributed by atoms with E-state index < -0.39 is 0 Å². The Morgan fingerprint density at radius 1 is 1.12 bits per heavy atom. The Balaban J connectivity index is 1.89. The lowest BCUT2D eigenvalue weighted by Crippen LogP contribution is -2.17. The Bertz CT molecular complexity index is 923. The van der Waals surface area contributed by atoms with Crippen molar-refractivity contribution in [1.29, 1.82) is 0 Å². The van der Waals surface area contributed by atoms with Crippen LogP contribution in [0.1, 0.15) is 13.3 Å². The molecule has 0 aliphatic carbocycles. The van der Waals surface area contributed by atoms with Crippen molar-refractivity contribution in [2.75, 3.05) is 11.9 Å². The van der Waals surface area contributed by atoms with Crippen LogP contribution in [0.2, 0.25) is 0 Å². The molecule has 1 aromatic heterocycles. The molecule has 0 spiro atoms. The van der Waals surface area contributed by atoms with Crippen molar-refractivity contribution in [3.8, 4) is 11.6 Å². The van der Waals surface area contributed by atoms with Crippen molar-refractivity contribution in [2.45, 2.75) is 13.3 Å². The second kappa shape index (κ2) is 8.92. The van der Waals surface area contributed by atoms with Crippen LogP contribution in [0.15, 0.2) is 77.9 Å². The maximum atomic E-state index is 5.86. The molecular formula is C20H20N4OS. The smallest absolute Gasteiger partial charge is 0.217 e. The first-order valence-electron chi connectivity index (χ1n) is 8.44. The molecule has 1 heterocycles. The number of para-hydroxylation sites is 2. The van der Waals surface area contributed by atoms with Gasteiger partial charge in [0.1, 0.15) is 0 Å². The van der Waals surface area contributed by atoms with Crippen LogP contribution in [0.5, 0.6) is 5.88 Å². The minimum absolute atomic E-state index is 0.372. The molecular weight excluding hydrogens is 344 g/mol. The summed E-state index contributed by atoms with van der Waals surface area (Å²) in [6, 6.07) is 21.4. The summed E-state index contributed by atoms with van der Waals surface area (Å²) in [7, 11) is 0. The lowest BCUT2D eigenvalue weighted by Gasteiger charge is -2.12. The van der Waals surface area contributed by atoms with Gasteiger partial charge in [0.05, 0.1) is 23.8 Å². The number of nitrogens with zero attached hydrogens (tertiary/aromatic N) is 3. The normalized spacial score (nSPS) is 11.2. The van der Waals surface area contributed by atoms with Gasteiger partial charge in [0, 0.05) is 11.8 Å². The van der Waals surface area contributed by atoms with Crippen LogP contribution in [-0.4, -0.2) is 21.5 Å². The molecule has 0 unspecified atom stereocenters. The third-order valence-corrected chi connectivity index (χ3v) is 3.69. The van der Waals surface area contributed by atoms with Gasteiger partial charge in [-0.3, -0.25) is 0 Å².